The van der Waals surface area contributed by atoms with Crippen LogP contribution in [-0.2, 0) is 16.1 Å². The highest BCUT2D eigenvalue weighted by atomic mass is 16.5. The highest BCUT2D eigenvalue weighted by Gasteiger charge is 2.28. The molecule has 170 valence electrons. The normalized spacial score (nSPS) is 17.5. The topological polar surface area (TPSA) is 95.4 Å². The van der Waals surface area contributed by atoms with Gasteiger partial charge in [-0.05, 0) is 31.5 Å². The molecule has 4 amide bonds. The average Bonchev–Trinajstić information content (AvgIpc) is 2.78. The first kappa shape index (κ1) is 23.0. The number of hydrogen-bond acceptors (Lipinski definition) is 4. The van der Waals surface area contributed by atoms with Gasteiger partial charge in [-0.3, -0.25) is 9.59 Å². The molecule has 3 rings (SSSR count). The van der Waals surface area contributed by atoms with E-state index >= 15 is 0 Å². The van der Waals surface area contributed by atoms with Crippen LogP contribution in [0.15, 0.2) is 24.3 Å². The highest BCUT2D eigenvalue weighted by molar-refractivity contribution is 5.94. The lowest BCUT2D eigenvalue weighted by Crippen LogP contribution is -3.15. The van der Waals surface area contributed by atoms with Gasteiger partial charge in [0.1, 0.15) is 0 Å². The number of piperazine rings is 1. The third-order valence-electron chi connectivity index (χ3n) is 5.60. The Bertz CT molecular complexity index is 754. The van der Waals surface area contributed by atoms with Crippen molar-refractivity contribution in [2.45, 2.75) is 26.4 Å². The SMILES string of the molecule is CC(C)NC(=O)NCc1ccc(C(=O)N2CC[NH+](CC(=O)N3CCOCC3)CC2)cc1. The summed E-state index contributed by atoms with van der Waals surface area (Å²) in [7, 11) is 0. The van der Waals surface area contributed by atoms with E-state index in [9.17, 15) is 14.4 Å². The maximum absolute atomic E-state index is 12.8. The van der Waals surface area contributed by atoms with Gasteiger partial charge in [0, 0.05) is 31.2 Å². The number of rotatable bonds is 6. The molecular formula is C22H34N5O4+. The number of ether oxygens (including phenoxy) is 1. The number of carbonyl (C=O) groups excluding carboxylic acids is 3. The second-order valence-corrected chi connectivity index (χ2v) is 8.39. The van der Waals surface area contributed by atoms with Crippen LogP contribution in [0, 0.1) is 0 Å². The maximum atomic E-state index is 12.8. The van der Waals surface area contributed by atoms with Gasteiger partial charge in [0.25, 0.3) is 11.8 Å². The smallest absolute Gasteiger partial charge is 0.315 e. The number of amides is 4. The quantitative estimate of drug-likeness (QED) is 0.543. The third-order valence-corrected chi connectivity index (χ3v) is 5.60. The van der Waals surface area contributed by atoms with E-state index in [4.69, 9.17) is 4.74 Å². The second-order valence-electron chi connectivity index (χ2n) is 8.39. The number of benzene rings is 1. The van der Waals surface area contributed by atoms with E-state index in [1.807, 2.05) is 35.8 Å². The van der Waals surface area contributed by atoms with E-state index in [1.165, 1.54) is 4.90 Å². The molecule has 2 aliphatic rings. The molecule has 1 aromatic rings. The van der Waals surface area contributed by atoms with Crippen molar-refractivity contribution in [3.8, 4) is 0 Å². The van der Waals surface area contributed by atoms with Crippen molar-refractivity contribution < 1.29 is 24.0 Å². The molecule has 9 nitrogen and oxygen atoms in total. The zero-order chi connectivity index (χ0) is 22.2. The summed E-state index contributed by atoms with van der Waals surface area (Å²) in [6.07, 6.45) is 0. The summed E-state index contributed by atoms with van der Waals surface area (Å²) >= 11 is 0. The first-order valence-electron chi connectivity index (χ1n) is 11.0. The molecule has 0 bridgehead atoms. The van der Waals surface area contributed by atoms with Gasteiger partial charge < -0.3 is 30.1 Å². The monoisotopic (exact) mass is 432 g/mol. The van der Waals surface area contributed by atoms with Crippen molar-refractivity contribution >= 4 is 17.8 Å². The summed E-state index contributed by atoms with van der Waals surface area (Å²) < 4.78 is 5.30. The Morgan fingerprint density at radius 1 is 1.00 bits per heavy atom. The summed E-state index contributed by atoms with van der Waals surface area (Å²) in [6.45, 7) is 10.1. The van der Waals surface area contributed by atoms with Gasteiger partial charge in [-0.15, -0.1) is 0 Å². The van der Waals surface area contributed by atoms with Crippen LogP contribution in [0.1, 0.15) is 29.8 Å². The molecule has 0 atom stereocenters. The van der Waals surface area contributed by atoms with E-state index in [0.29, 0.717) is 58.0 Å². The van der Waals surface area contributed by atoms with E-state index in [0.717, 1.165) is 18.7 Å². The number of nitrogens with zero attached hydrogens (tertiary/aromatic N) is 2. The summed E-state index contributed by atoms with van der Waals surface area (Å²) in [5.74, 6) is 0.181. The molecule has 2 fully saturated rings. The molecule has 0 saturated carbocycles. The lowest BCUT2D eigenvalue weighted by molar-refractivity contribution is -0.896. The molecule has 9 heteroatoms. The van der Waals surface area contributed by atoms with Gasteiger partial charge in [0.05, 0.1) is 39.4 Å². The van der Waals surface area contributed by atoms with Crippen molar-refractivity contribution in [3.63, 3.8) is 0 Å². The molecule has 1 aromatic carbocycles. The fourth-order valence-electron chi connectivity index (χ4n) is 3.78. The van der Waals surface area contributed by atoms with Crippen LogP contribution >= 0.6 is 0 Å². The van der Waals surface area contributed by atoms with E-state index in [1.54, 1.807) is 12.1 Å². The molecule has 0 spiro atoms. The molecule has 2 heterocycles. The number of nitrogens with one attached hydrogen (secondary N) is 3. The molecule has 0 radical (unpaired) electrons. The fraction of sp³-hybridized carbons (Fsp3) is 0.591. The van der Waals surface area contributed by atoms with Crippen molar-refractivity contribution in [2.24, 2.45) is 0 Å². The Morgan fingerprint density at radius 2 is 1.65 bits per heavy atom. The molecule has 3 N–H and O–H groups in total. The standard InChI is InChI=1S/C22H33N5O4/c1-17(2)24-22(30)23-15-18-3-5-19(6-4-18)21(29)27-9-7-25(8-10-27)16-20(28)26-11-13-31-14-12-26/h3-6,17H,7-16H2,1-2H3,(H2,23,24,30)/p+1. The van der Waals surface area contributed by atoms with Crippen LogP contribution in [0.5, 0.6) is 0 Å². The molecule has 2 saturated heterocycles. The summed E-state index contributed by atoms with van der Waals surface area (Å²) in [5, 5.41) is 5.58. The van der Waals surface area contributed by atoms with Gasteiger partial charge in [-0.25, -0.2) is 4.79 Å². The Labute approximate surface area is 183 Å². The highest BCUT2D eigenvalue weighted by Crippen LogP contribution is 2.08. The van der Waals surface area contributed by atoms with E-state index < -0.39 is 0 Å². The van der Waals surface area contributed by atoms with E-state index in [2.05, 4.69) is 10.6 Å². The van der Waals surface area contributed by atoms with Crippen molar-refractivity contribution in [2.75, 3.05) is 59.0 Å². The number of quaternary nitrogens is 1. The fourth-order valence-corrected chi connectivity index (χ4v) is 3.78. The van der Waals surface area contributed by atoms with Gasteiger partial charge >= 0.3 is 6.03 Å². The minimum absolute atomic E-state index is 0.00983. The van der Waals surface area contributed by atoms with Crippen LogP contribution < -0.4 is 15.5 Å². The van der Waals surface area contributed by atoms with Gasteiger partial charge in [0.2, 0.25) is 0 Å². The molecule has 0 aromatic heterocycles. The van der Waals surface area contributed by atoms with Crippen LogP contribution in [-0.4, -0.2) is 92.7 Å². The van der Waals surface area contributed by atoms with Crippen LogP contribution in [0.3, 0.4) is 0 Å². The van der Waals surface area contributed by atoms with Crippen molar-refractivity contribution in [1.29, 1.82) is 0 Å². The Kier molecular flexibility index (Phi) is 8.25. The predicted molar refractivity (Wildman–Crippen MR) is 116 cm³/mol. The van der Waals surface area contributed by atoms with Crippen LogP contribution in [0.25, 0.3) is 0 Å². The molecule has 31 heavy (non-hydrogen) atoms. The minimum Gasteiger partial charge on any atom is -0.378 e. The first-order chi connectivity index (χ1) is 14.9. The van der Waals surface area contributed by atoms with Crippen LogP contribution in [0.2, 0.25) is 0 Å². The largest absolute Gasteiger partial charge is 0.378 e. The summed E-state index contributed by atoms with van der Waals surface area (Å²) in [6, 6.07) is 7.22. The first-order valence-corrected chi connectivity index (χ1v) is 11.0. The van der Waals surface area contributed by atoms with Crippen molar-refractivity contribution in [3.05, 3.63) is 35.4 Å². The molecule has 0 aliphatic carbocycles. The number of morpholine rings is 1. The number of carbonyl (C=O) groups is 3. The maximum Gasteiger partial charge on any atom is 0.315 e. The van der Waals surface area contributed by atoms with Gasteiger partial charge in [-0.2, -0.15) is 0 Å². The van der Waals surface area contributed by atoms with Crippen LogP contribution in [0.4, 0.5) is 4.79 Å². The lowest BCUT2D eigenvalue weighted by Gasteiger charge is -2.33. The Hall–Kier alpha value is -2.65. The summed E-state index contributed by atoms with van der Waals surface area (Å²) in [5.41, 5.74) is 1.58. The lowest BCUT2D eigenvalue weighted by atomic mass is 10.1. The third kappa shape index (κ3) is 6.93. The Balaban J connectivity index is 1.42. The molecular weight excluding hydrogens is 398 g/mol. The zero-order valence-electron chi connectivity index (χ0n) is 18.5. The summed E-state index contributed by atoms with van der Waals surface area (Å²) in [4.78, 5) is 41.9. The minimum atomic E-state index is -0.206. The van der Waals surface area contributed by atoms with Gasteiger partial charge in [-0.1, -0.05) is 12.1 Å². The molecule has 2 aliphatic heterocycles. The van der Waals surface area contributed by atoms with Gasteiger partial charge in [0.15, 0.2) is 6.54 Å². The van der Waals surface area contributed by atoms with Crippen molar-refractivity contribution in [1.82, 2.24) is 20.4 Å². The number of hydrogen-bond donors (Lipinski definition) is 3. The molecule has 0 unspecified atom stereocenters. The van der Waals surface area contributed by atoms with E-state index in [-0.39, 0.29) is 23.9 Å². The average molecular weight is 433 g/mol. The Morgan fingerprint density at radius 3 is 2.26 bits per heavy atom. The predicted octanol–water partition coefficient (Wildman–Crippen LogP) is -0.906. The number of urea groups is 1. The zero-order valence-corrected chi connectivity index (χ0v) is 18.5. The second kappa shape index (κ2) is 11.1.